The summed E-state index contributed by atoms with van der Waals surface area (Å²) >= 11 is 0. The van der Waals surface area contributed by atoms with Crippen molar-refractivity contribution in [2.75, 3.05) is 26.2 Å². The lowest BCUT2D eigenvalue weighted by atomic mass is 10.0. The molecule has 88 valence electrons. The average Bonchev–Trinajstić information content (AvgIpc) is 2.66. The molecule has 1 aliphatic rings. The number of amides is 1. The number of hydrogen-bond donors (Lipinski definition) is 2. The van der Waals surface area contributed by atoms with Gasteiger partial charge >= 0.3 is 0 Å². The molecule has 1 unspecified atom stereocenters. The average molecular weight is 214 g/mol. The molecule has 0 aliphatic carbocycles. The molecule has 1 saturated heterocycles. The van der Waals surface area contributed by atoms with E-state index in [9.17, 15) is 4.79 Å². The molecule has 1 aliphatic heterocycles. The maximum atomic E-state index is 11.7. The number of hydrogen-bond acceptors (Lipinski definition) is 3. The predicted molar refractivity (Wildman–Crippen MR) is 59.8 cm³/mol. The molecule has 0 aromatic rings. The van der Waals surface area contributed by atoms with Gasteiger partial charge in [-0.3, -0.25) is 4.79 Å². The number of carbonyl (C=O) groups excluding carboxylic acids is 1. The van der Waals surface area contributed by atoms with E-state index < -0.39 is 5.60 Å². The summed E-state index contributed by atoms with van der Waals surface area (Å²) in [5.74, 6) is 0.0384. The van der Waals surface area contributed by atoms with Crippen LogP contribution in [0.2, 0.25) is 0 Å². The van der Waals surface area contributed by atoms with Gasteiger partial charge in [-0.25, -0.2) is 0 Å². The topological polar surface area (TPSA) is 50.4 Å². The van der Waals surface area contributed by atoms with E-state index in [0.29, 0.717) is 6.61 Å². The zero-order valence-electron chi connectivity index (χ0n) is 9.77. The normalized spacial score (nSPS) is 25.5. The Bertz CT molecular complexity index is 201. The van der Waals surface area contributed by atoms with Crippen LogP contribution in [-0.4, -0.2) is 37.7 Å². The van der Waals surface area contributed by atoms with Crippen molar-refractivity contribution in [3.63, 3.8) is 0 Å². The quantitative estimate of drug-likeness (QED) is 0.639. The first-order valence-corrected chi connectivity index (χ1v) is 5.82. The lowest BCUT2D eigenvalue weighted by molar-refractivity contribution is -0.139. The molecule has 1 atom stereocenters. The monoisotopic (exact) mass is 214 g/mol. The van der Waals surface area contributed by atoms with Gasteiger partial charge in [0.2, 0.25) is 0 Å². The summed E-state index contributed by atoms with van der Waals surface area (Å²) in [6, 6.07) is 0. The predicted octanol–water partition coefficient (Wildman–Crippen LogP) is 0.671. The van der Waals surface area contributed by atoms with Crippen LogP contribution in [0.25, 0.3) is 0 Å². The van der Waals surface area contributed by atoms with Crippen LogP contribution in [0.5, 0.6) is 0 Å². The van der Waals surface area contributed by atoms with E-state index >= 15 is 0 Å². The Hall–Kier alpha value is -0.610. The third-order valence-corrected chi connectivity index (χ3v) is 2.77. The molecule has 0 radical (unpaired) electrons. The van der Waals surface area contributed by atoms with Crippen LogP contribution in [0.15, 0.2) is 0 Å². The van der Waals surface area contributed by atoms with Gasteiger partial charge in [-0.05, 0) is 39.3 Å². The van der Waals surface area contributed by atoms with Crippen LogP contribution >= 0.6 is 0 Å². The highest BCUT2D eigenvalue weighted by Gasteiger charge is 2.37. The van der Waals surface area contributed by atoms with Gasteiger partial charge in [-0.1, -0.05) is 6.92 Å². The second-order valence-corrected chi connectivity index (χ2v) is 4.15. The van der Waals surface area contributed by atoms with Gasteiger partial charge in [0.15, 0.2) is 0 Å². The Labute approximate surface area is 91.8 Å². The SMILES string of the molecule is CCNCCCNC(=O)C1(C)CCCO1. The van der Waals surface area contributed by atoms with Crippen LogP contribution in [0, 0.1) is 0 Å². The fourth-order valence-electron chi connectivity index (χ4n) is 1.74. The molecular formula is C11H22N2O2. The maximum absolute atomic E-state index is 11.7. The van der Waals surface area contributed by atoms with Gasteiger partial charge in [0, 0.05) is 13.2 Å². The van der Waals surface area contributed by atoms with E-state index in [2.05, 4.69) is 17.6 Å². The summed E-state index contributed by atoms with van der Waals surface area (Å²) in [5.41, 5.74) is -0.571. The fraction of sp³-hybridized carbons (Fsp3) is 0.909. The summed E-state index contributed by atoms with van der Waals surface area (Å²) in [6.45, 7) is 7.32. The van der Waals surface area contributed by atoms with E-state index in [4.69, 9.17) is 4.74 Å². The van der Waals surface area contributed by atoms with Gasteiger partial charge in [-0.15, -0.1) is 0 Å². The molecule has 4 nitrogen and oxygen atoms in total. The van der Waals surface area contributed by atoms with Crippen molar-refractivity contribution < 1.29 is 9.53 Å². The van der Waals surface area contributed by atoms with Gasteiger partial charge in [0.25, 0.3) is 5.91 Å². The summed E-state index contributed by atoms with van der Waals surface area (Å²) in [7, 11) is 0. The minimum absolute atomic E-state index is 0.0384. The molecule has 1 amide bonds. The summed E-state index contributed by atoms with van der Waals surface area (Å²) in [4.78, 5) is 11.7. The molecule has 4 heteroatoms. The fourth-order valence-corrected chi connectivity index (χ4v) is 1.74. The van der Waals surface area contributed by atoms with Crippen molar-refractivity contribution in [1.82, 2.24) is 10.6 Å². The first-order chi connectivity index (χ1) is 7.19. The van der Waals surface area contributed by atoms with Crippen molar-refractivity contribution in [2.24, 2.45) is 0 Å². The van der Waals surface area contributed by atoms with Crippen molar-refractivity contribution in [2.45, 2.75) is 38.7 Å². The molecule has 0 spiro atoms. The summed E-state index contributed by atoms with van der Waals surface area (Å²) in [5, 5.41) is 6.14. The lowest BCUT2D eigenvalue weighted by Crippen LogP contribution is -2.44. The van der Waals surface area contributed by atoms with Crippen molar-refractivity contribution in [3.8, 4) is 0 Å². The Morgan fingerprint density at radius 1 is 1.47 bits per heavy atom. The number of carbonyl (C=O) groups is 1. The van der Waals surface area contributed by atoms with Crippen LogP contribution < -0.4 is 10.6 Å². The Morgan fingerprint density at radius 2 is 2.27 bits per heavy atom. The largest absolute Gasteiger partial charge is 0.365 e. The maximum Gasteiger partial charge on any atom is 0.251 e. The van der Waals surface area contributed by atoms with E-state index in [0.717, 1.165) is 38.9 Å². The number of ether oxygens (including phenoxy) is 1. The molecule has 2 N–H and O–H groups in total. The number of rotatable bonds is 6. The number of nitrogens with one attached hydrogen (secondary N) is 2. The molecule has 0 aromatic heterocycles. The molecule has 1 fully saturated rings. The Kier molecular flexibility index (Phi) is 5.05. The van der Waals surface area contributed by atoms with E-state index in [-0.39, 0.29) is 5.91 Å². The van der Waals surface area contributed by atoms with Crippen molar-refractivity contribution >= 4 is 5.91 Å². The zero-order valence-corrected chi connectivity index (χ0v) is 9.77. The summed E-state index contributed by atoms with van der Waals surface area (Å²) in [6.07, 6.45) is 2.79. The third-order valence-electron chi connectivity index (χ3n) is 2.77. The minimum Gasteiger partial charge on any atom is -0.365 e. The molecule has 15 heavy (non-hydrogen) atoms. The van der Waals surface area contributed by atoms with Gasteiger partial charge in [0.1, 0.15) is 5.60 Å². The second-order valence-electron chi connectivity index (χ2n) is 4.15. The first-order valence-electron chi connectivity index (χ1n) is 5.82. The van der Waals surface area contributed by atoms with Crippen molar-refractivity contribution in [1.29, 1.82) is 0 Å². The molecular weight excluding hydrogens is 192 g/mol. The summed E-state index contributed by atoms with van der Waals surface area (Å²) < 4.78 is 5.45. The van der Waals surface area contributed by atoms with Crippen LogP contribution in [-0.2, 0) is 9.53 Å². The zero-order chi connectivity index (χ0) is 11.1. The highest BCUT2D eigenvalue weighted by Crippen LogP contribution is 2.24. The first kappa shape index (κ1) is 12.5. The molecule has 1 heterocycles. The smallest absolute Gasteiger partial charge is 0.251 e. The Morgan fingerprint density at radius 3 is 2.87 bits per heavy atom. The second kappa shape index (κ2) is 6.08. The van der Waals surface area contributed by atoms with Crippen LogP contribution in [0.1, 0.15) is 33.1 Å². The molecule has 0 aromatic carbocycles. The van der Waals surface area contributed by atoms with E-state index in [1.54, 1.807) is 0 Å². The third kappa shape index (κ3) is 3.80. The standard InChI is InChI=1S/C11H22N2O2/c1-3-12-7-5-8-13-10(14)11(2)6-4-9-15-11/h12H,3-9H2,1-2H3,(H,13,14). The molecule has 1 rings (SSSR count). The minimum atomic E-state index is -0.571. The van der Waals surface area contributed by atoms with Crippen LogP contribution in [0.4, 0.5) is 0 Å². The van der Waals surface area contributed by atoms with Gasteiger partial charge in [0.05, 0.1) is 0 Å². The van der Waals surface area contributed by atoms with Crippen LogP contribution in [0.3, 0.4) is 0 Å². The lowest BCUT2D eigenvalue weighted by Gasteiger charge is -2.21. The molecule has 0 saturated carbocycles. The van der Waals surface area contributed by atoms with E-state index in [1.807, 2.05) is 6.92 Å². The van der Waals surface area contributed by atoms with Gasteiger partial charge in [-0.2, -0.15) is 0 Å². The highest BCUT2D eigenvalue weighted by atomic mass is 16.5. The van der Waals surface area contributed by atoms with E-state index in [1.165, 1.54) is 0 Å². The van der Waals surface area contributed by atoms with Gasteiger partial charge < -0.3 is 15.4 Å². The Balaban J connectivity index is 2.12. The molecule has 0 bridgehead atoms. The van der Waals surface area contributed by atoms with Crippen molar-refractivity contribution in [3.05, 3.63) is 0 Å². The highest BCUT2D eigenvalue weighted by molar-refractivity contribution is 5.84.